The van der Waals surface area contributed by atoms with Gasteiger partial charge in [-0.3, -0.25) is 9.69 Å². The van der Waals surface area contributed by atoms with Crippen LogP contribution >= 0.6 is 0 Å². The van der Waals surface area contributed by atoms with Gasteiger partial charge in [-0.05, 0) is 94.5 Å². The molecule has 0 saturated carbocycles. The van der Waals surface area contributed by atoms with E-state index in [2.05, 4.69) is 21.4 Å². The molecule has 0 unspecified atom stereocenters. The summed E-state index contributed by atoms with van der Waals surface area (Å²) in [5.41, 5.74) is 3.16. The topological polar surface area (TPSA) is 150 Å². The average molecular weight is 621 g/mol. The van der Waals surface area contributed by atoms with Gasteiger partial charge in [0.15, 0.2) is 5.69 Å². The second-order valence-corrected chi connectivity index (χ2v) is 11.9. The number of piperidine rings is 1. The number of nitrogens with zero attached hydrogens (tertiary/aromatic N) is 4. The van der Waals surface area contributed by atoms with Crippen molar-refractivity contribution in [1.82, 2.24) is 19.9 Å². The predicted octanol–water partition coefficient (Wildman–Crippen LogP) is 6.90. The maximum Gasteiger partial charge on any atom is 0.410 e. The normalized spacial score (nSPS) is 14.7. The van der Waals surface area contributed by atoms with Crippen molar-refractivity contribution in [2.45, 2.75) is 58.6 Å². The van der Waals surface area contributed by atoms with Gasteiger partial charge in [0.2, 0.25) is 0 Å². The maximum atomic E-state index is 13.1. The summed E-state index contributed by atoms with van der Waals surface area (Å²) < 4.78 is 11.0. The molecular weight excluding hydrogens is 584 g/mol. The van der Waals surface area contributed by atoms with Crippen LogP contribution in [-0.2, 0) is 9.47 Å². The standard InChI is InChI=1S/C35H36N6O5/c1-5-45-33(43)30-29(39-31(40-30)27-8-6-7-19-41(27)34(44)46-35(2,3)4)24-13-15-25(16-14-24)32(42)38-28-20-26(17-18-37-28)23-11-9-22(21-36)10-12-23/h9-18,20,27H,5-8,19H2,1-4H3,(H,39,40)(H,37,38,42)/t27-/m0/s1. The van der Waals surface area contributed by atoms with Crippen LogP contribution in [-0.4, -0.2) is 56.6 Å². The smallest absolute Gasteiger partial charge is 0.410 e. The highest BCUT2D eigenvalue weighted by atomic mass is 16.6. The highest BCUT2D eigenvalue weighted by molar-refractivity contribution is 6.04. The lowest BCUT2D eigenvalue weighted by atomic mass is 10.0. The molecule has 0 spiro atoms. The minimum absolute atomic E-state index is 0.174. The second-order valence-electron chi connectivity index (χ2n) is 11.9. The molecule has 4 aromatic rings. The van der Waals surface area contributed by atoms with Crippen LogP contribution in [0.25, 0.3) is 22.4 Å². The van der Waals surface area contributed by atoms with Crippen molar-refractivity contribution in [3.8, 4) is 28.5 Å². The zero-order valence-electron chi connectivity index (χ0n) is 26.3. The van der Waals surface area contributed by atoms with Crippen LogP contribution in [0.2, 0.25) is 0 Å². The Hall–Kier alpha value is -5.50. The molecule has 2 N–H and O–H groups in total. The number of carbonyl (C=O) groups excluding carboxylic acids is 3. The number of likely N-dealkylation sites (tertiary alicyclic amines) is 1. The van der Waals surface area contributed by atoms with Gasteiger partial charge in [-0.25, -0.2) is 19.6 Å². The van der Waals surface area contributed by atoms with Crippen molar-refractivity contribution in [2.75, 3.05) is 18.5 Å². The minimum Gasteiger partial charge on any atom is -0.461 e. The summed E-state index contributed by atoms with van der Waals surface area (Å²) in [7, 11) is 0. The lowest BCUT2D eigenvalue weighted by Gasteiger charge is -2.35. The van der Waals surface area contributed by atoms with Gasteiger partial charge in [-0.15, -0.1) is 0 Å². The number of nitrogens with one attached hydrogen (secondary N) is 2. The van der Waals surface area contributed by atoms with Crippen LogP contribution in [0.4, 0.5) is 10.6 Å². The summed E-state index contributed by atoms with van der Waals surface area (Å²) in [5, 5.41) is 11.9. The number of H-pyrrole nitrogens is 1. The molecule has 2 aromatic heterocycles. The molecule has 1 aliphatic rings. The first kappa shape index (κ1) is 31.9. The average Bonchev–Trinajstić information content (AvgIpc) is 3.50. The number of carbonyl (C=O) groups is 3. The number of amides is 2. The van der Waals surface area contributed by atoms with Crippen LogP contribution in [0.3, 0.4) is 0 Å². The van der Waals surface area contributed by atoms with Gasteiger partial charge < -0.3 is 19.8 Å². The Kier molecular flexibility index (Phi) is 9.47. The molecule has 1 aliphatic heterocycles. The van der Waals surface area contributed by atoms with Gasteiger partial charge in [0, 0.05) is 23.9 Å². The van der Waals surface area contributed by atoms with E-state index in [1.54, 1.807) is 60.5 Å². The van der Waals surface area contributed by atoms with E-state index in [0.717, 1.165) is 24.0 Å². The highest BCUT2D eigenvalue weighted by Crippen LogP contribution is 2.34. The summed E-state index contributed by atoms with van der Waals surface area (Å²) in [5.74, 6) is -0.0800. The number of anilines is 1. The highest BCUT2D eigenvalue weighted by Gasteiger charge is 2.34. The SMILES string of the molecule is CCOC(=O)c1[nH]c([C@@H]2CCCCN2C(=O)OC(C)(C)C)nc1-c1ccc(C(=O)Nc2cc(-c3ccc(C#N)cc3)ccn2)cc1. The van der Waals surface area contributed by atoms with E-state index in [4.69, 9.17) is 19.7 Å². The Morgan fingerprint density at radius 3 is 2.41 bits per heavy atom. The number of nitriles is 1. The molecule has 0 aliphatic carbocycles. The van der Waals surface area contributed by atoms with Crippen molar-refractivity contribution in [3.05, 3.63) is 89.5 Å². The summed E-state index contributed by atoms with van der Waals surface area (Å²) in [6.45, 7) is 7.88. The van der Waals surface area contributed by atoms with E-state index < -0.39 is 23.7 Å². The Morgan fingerprint density at radius 2 is 1.74 bits per heavy atom. The number of aromatic amines is 1. The van der Waals surface area contributed by atoms with E-state index in [-0.39, 0.29) is 18.2 Å². The van der Waals surface area contributed by atoms with Crippen LogP contribution in [0.1, 0.15) is 85.2 Å². The number of hydrogen-bond acceptors (Lipinski definition) is 8. The fraction of sp³-hybridized carbons (Fsp3) is 0.314. The van der Waals surface area contributed by atoms with E-state index in [1.807, 2.05) is 39.0 Å². The molecule has 1 saturated heterocycles. The first-order valence-corrected chi connectivity index (χ1v) is 15.2. The van der Waals surface area contributed by atoms with Crippen LogP contribution in [0, 0.1) is 11.3 Å². The fourth-order valence-corrected chi connectivity index (χ4v) is 5.25. The summed E-state index contributed by atoms with van der Waals surface area (Å²) in [6.07, 6.45) is 3.57. The van der Waals surface area contributed by atoms with Crippen molar-refractivity contribution in [1.29, 1.82) is 5.26 Å². The number of imidazole rings is 1. The molecule has 0 bridgehead atoms. The van der Waals surface area contributed by atoms with Gasteiger partial charge >= 0.3 is 12.1 Å². The first-order chi connectivity index (χ1) is 22.1. The molecule has 3 heterocycles. The van der Waals surface area contributed by atoms with Crippen molar-refractivity contribution < 1.29 is 23.9 Å². The fourth-order valence-electron chi connectivity index (χ4n) is 5.25. The Labute approximate surface area is 267 Å². The van der Waals surface area contributed by atoms with Crippen molar-refractivity contribution in [2.24, 2.45) is 0 Å². The largest absolute Gasteiger partial charge is 0.461 e. The number of pyridine rings is 1. The van der Waals surface area contributed by atoms with E-state index in [0.29, 0.717) is 47.0 Å². The summed E-state index contributed by atoms with van der Waals surface area (Å²) >= 11 is 0. The molecule has 11 heteroatoms. The zero-order chi connectivity index (χ0) is 32.8. The third-order valence-corrected chi connectivity index (χ3v) is 7.42. The number of rotatable bonds is 7. The molecule has 1 fully saturated rings. The quantitative estimate of drug-likeness (QED) is 0.212. The molecule has 0 radical (unpaired) electrons. The zero-order valence-corrected chi connectivity index (χ0v) is 26.3. The number of esters is 1. The second kappa shape index (κ2) is 13.6. The third kappa shape index (κ3) is 7.41. The predicted molar refractivity (Wildman–Crippen MR) is 172 cm³/mol. The van der Waals surface area contributed by atoms with Gasteiger partial charge in [0.1, 0.15) is 22.9 Å². The van der Waals surface area contributed by atoms with E-state index in [1.165, 1.54) is 0 Å². The molecule has 11 nitrogen and oxygen atoms in total. The lowest BCUT2D eigenvalue weighted by molar-refractivity contribution is 0.00853. The maximum absolute atomic E-state index is 13.1. The van der Waals surface area contributed by atoms with Crippen LogP contribution in [0.15, 0.2) is 66.9 Å². The van der Waals surface area contributed by atoms with Crippen LogP contribution in [0.5, 0.6) is 0 Å². The molecule has 46 heavy (non-hydrogen) atoms. The third-order valence-electron chi connectivity index (χ3n) is 7.42. The molecule has 2 aromatic carbocycles. The number of benzene rings is 2. The van der Waals surface area contributed by atoms with E-state index >= 15 is 0 Å². The first-order valence-electron chi connectivity index (χ1n) is 15.2. The Morgan fingerprint density at radius 1 is 1.02 bits per heavy atom. The van der Waals surface area contributed by atoms with Gasteiger partial charge in [0.25, 0.3) is 5.91 Å². The molecule has 1 atom stereocenters. The molecule has 2 amide bonds. The van der Waals surface area contributed by atoms with E-state index in [9.17, 15) is 14.4 Å². The number of hydrogen-bond donors (Lipinski definition) is 2. The van der Waals surface area contributed by atoms with Crippen LogP contribution < -0.4 is 5.32 Å². The molecule has 5 rings (SSSR count). The summed E-state index contributed by atoms with van der Waals surface area (Å²) in [6, 6.07) is 19.1. The van der Waals surface area contributed by atoms with Gasteiger partial charge in [0.05, 0.1) is 24.3 Å². The number of aromatic nitrogens is 3. The van der Waals surface area contributed by atoms with Gasteiger partial charge in [-0.2, -0.15) is 5.26 Å². The lowest BCUT2D eigenvalue weighted by Crippen LogP contribution is -2.42. The molecular formula is C35H36N6O5. The Bertz CT molecular complexity index is 1770. The minimum atomic E-state index is -0.651. The van der Waals surface area contributed by atoms with Crippen molar-refractivity contribution in [3.63, 3.8) is 0 Å². The summed E-state index contributed by atoms with van der Waals surface area (Å²) in [4.78, 5) is 53.1. The van der Waals surface area contributed by atoms with Gasteiger partial charge in [-0.1, -0.05) is 24.3 Å². The van der Waals surface area contributed by atoms with Crippen molar-refractivity contribution >= 4 is 23.8 Å². The Balaban J connectivity index is 1.37. The number of ether oxygens (including phenoxy) is 2. The molecule has 236 valence electrons. The monoisotopic (exact) mass is 620 g/mol.